The number of benzene rings is 1. The van der Waals surface area contributed by atoms with Crippen LogP contribution >= 0.6 is 11.3 Å². The van der Waals surface area contributed by atoms with Gasteiger partial charge in [-0.1, -0.05) is 12.1 Å². The molecule has 0 N–H and O–H groups in total. The first kappa shape index (κ1) is 17.9. The molecule has 2 unspecified atom stereocenters. The zero-order valence-corrected chi connectivity index (χ0v) is 15.8. The Morgan fingerprint density at radius 2 is 1.88 bits per heavy atom. The summed E-state index contributed by atoms with van der Waals surface area (Å²) in [6.45, 7) is 5.67. The summed E-state index contributed by atoms with van der Waals surface area (Å²) in [5.74, 6) is 0.365. The molecule has 0 saturated carbocycles. The molecule has 8 heteroatoms. The zero-order valence-electron chi connectivity index (χ0n) is 14.2. The summed E-state index contributed by atoms with van der Waals surface area (Å²) >= 11 is 1.17. The van der Waals surface area contributed by atoms with Gasteiger partial charge in [0.1, 0.15) is 6.10 Å². The number of ether oxygens (including phenoxy) is 1. The second-order valence-corrected chi connectivity index (χ2v) is 9.20. The Morgan fingerprint density at radius 3 is 2.52 bits per heavy atom. The van der Waals surface area contributed by atoms with E-state index >= 15 is 0 Å². The van der Waals surface area contributed by atoms with Gasteiger partial charge in [-0.3, -0.25) is 0 Å². The van der Waals surface area contributed by atoms with E-state index in [2.05, 4.69) is 15.0 Å². The highest BCUT2D eigenvalue weighted by atomic mass is 32.2. The van der Waals surface area contributed by atoms with Crippen LogP contribution in [0.25, 0.3) is 10.2 Å². The van der Waals surface area contributed by atoms with Gasteiger partial charge < -0.3 is 4.74 Å². The van der Waals surface area contributed by atoms with Crippen molar-refractivity contribution in [1.82, 2.24) is 15.0 Å². The van der Waals surface area contributed by atoms with Crippen molar-refractivity contribution in [2.75, 3.05) is 6.61 Å². The molecule has 0 aliphatic carbocycles. The van der Waals surface area contributed by atoms with Crippen LogP contribution in [0.4, 0.5) is 0 Å². The van der Waals surface area contributed by atoms with Crippen LogP contribution in [0, 0.1) is 6.92 Å². The van der Waals surface area contributed by atoms with Crippen molar-refractivity contribution in [3.05, 3.63) is 48.0 Å². The van der Waals surface area contributed by atoms with Gasteiger partial charge in [-0.2, -0.15) is 0 Å². The average molecular weight is 377 g/mol. The van der Waals surface area contributed by atoms with Crippen LogP contribution in [-0.4, -0.2) is 35.2 Å². The summed E-state index contributed by atoms with van der Waals surface area (Å²) in [7, 11) is -3.68. The van der Waals surface area contributed by atoms with E-state index in [0.29, 0.717) is 17.9 Å². The van der Waals surface area contributed by atoms with Gasteiger partial charge in [0.25, 0.3) is 0 Å². The molecule has 0 bridgehead atoms. The molecule has 132 valence electrons. The minimum Gasteiger partial charge on any atom is -0.369 e. The zero-order chi connectivity index (χ0) is 18.0. The fraction of sp³-hybridized carbons (Fsp3) is 0.353. The van der Waals surface area contributed by atoms with Crippen molar-refractivity contribution in [3.63, 3.8) is 0 Å². The van der Waals surface area contributed by atoms with Crippen LogP contribution in [0.15, 0.2) is 41.0 Å². The lowest BCUT2D eigenvalue weighted by Crippen LogP contribution is -2.29. The predicted molar refractivity (Wildman–Crippen MR) is 97.4 cm³/mol. The van der Waals surface area contributed by atoms with Gasteiger partial charge in [0.15, 0.2) is 5.82 Å². The first-order chi connectivity index (χ1) is 11.9. The average Bonchev–Trinajstić information content (AvgIpc) is 3.05. The normalized spacial score (nSPS) is 14.5. The number of rotatable bonds is 6. The molecule has 25 heavy (non-hydrogen) atoms. The molecule has 3 aromatic rings. The van der Waals surface area contributed by atoms with Gasteiger partial charge >= 0.3 is 0 Å². The highest BCUT2D eigenvalue weighted by molar-refractivity contribution is 7.94. The minimum atomic E-state index is -3.68. The minimum absolute atomic E-state index is 0.0954. The molecule has 2 atom stereocenters. The van der Waals surface area contributed by atoms with Crippen molar-refractivity contribution in [2.45, 2.75) is 36.5 Å². The highest BCUT2D eigenvalue weighted by Gasteiger charge is 2.36. The van der Waals surface area contributed by atoms with E-state index in [0.717, 1.165) is 10.3 Å². The lowest BCUT2D eigenvalue weighted by atomic mass is 10.2. The molecule has 0 saturated heterocycles. The Kier molecular flexibility index (Phi) is 5.12. The third kappa shape index (κ3) is 3.56. The van der Waals surface area contributed by atoms with E-state index in [1.54, 1.807) is 25.4 Å². The van der Waals surface area contributed by atoms with Gasteiger partial charge in [-0.05, 0) is 38.5 Å². The first-order valence-corrected chi connectivity index (χ1v) is 10.3. The monoisotopic (exact) mass is 377 g/mol. The lowest BCUT2D eigenvalue weighted by molar-refractivity contribution is 0.0556. The fourth-order valence-corrected chi connectivity index (χ4v) is 5.40. The van der Waals surface area contributed by atoms with Gasteiger partial charge in [-0.15, -0.1) is 11.3 Å². The number of hydrogen-bond donors (Lipinski definition) is 0. The van der Waals surface area contributed by atoms with Crippen molar-refractivity contribution in [2.24, 2.45) is 0 Å². The van der Waals surface area contributed by atoms with Crippen molar-refractivity contribution in [3.8, 4) is 0 Å². The third-order valence-corrected chi connectivity index (χ3v) is 7.42. The Labute approximate surface area is 150 Å². The second kappa shape index (κ2) is 7.15. The maximum absolute atomic E-state index is 13.1. The van der Waals surface area contributed by atoms with E-state index in [4.69, 9.17) is 4.74 Å². The van der Waals surface area contributed by atoms with Gasteiger partial charge in [-0.25, -0.2) is 23.4 Å². The molecule has 0 amide bonds. The molecule has 2 heterocycles. The number of fused-ring (bicyclic) bond motifs is 1. The Morgan fingerprint density at radius 1 is 1.20 bits per heavy atom. The van der Waals surface area contributed by atoms with Gasteiger partial charge in [0, 0.05) is 19.0 Å². The largest absolute Gasteiger partial charge is 0.369 e. The molecule has 2 aromatic heterocycles. The summed E-state index contributed by atoms with van der Waals surface area (Å²) in [5, 5.41) is -0.851. The van der Waals surface area contributed by atoms with E-state index in [-0.39, 0.29) is 4.34 Å². The molecule has 1 aromatic carbocycles. The Bertz CT molecular complexity index is 935. The third-order valence-electron chi connectivity index (χ3n) is 3.84. The summed E-state index contributed by atoms with van der Waals surface area (Å²) in [6, 6.07) is 7.37. The van der Waals surface area contributed by atoms with E-state index in [1.807, 2.05) is 32.0 Å². The Balaban J connectivity index is 1.99. The number of para-hydroxylation sites is 1. The maximum atomic E-state index is 13.1. The van der Waals surface area contributed by atoms with Crippen LogP contribution in [0.1, 0.15) is 31.3 Å². The fourth-order valence-electron chi connectivity index (χ4n) is 2.44. The van der Waals surface area contributed by atoms with Crippen molar-refractivity contribution >= 4 is 31.4 Å². The molecule has 0 radical (unpaired) electrons. The molecular formula is C17H19N3O3S2. The second-order valence-electron chi connectivity index (χ2n) is 5.69. The molecule has 3 rings (SSSR count). The van der Waals surface area contributed by atoms with Gasteiger partial charge in [0.05, 0.1) is 15.5 Å². The number of nitrogens with zero attached hydrogens (tertiary/aromatic N) is 3. The number of aryl methyl sites for hydroxylation is 1. The van der Waals surface area contributed by atoms with Crippen LogP contribution in [0.2, 0.25) is 0 Å². The molecule has 0 spiro atoms. The SMILES string of the molecule is CCOC(c1ncc(C)cn1)C(C)S(=O)(=O)c1nc2ccccc2s1. The molecule has 0 aliphatic heterocycles. The molecule has 0 aliphatic rings. The van der Waals surface area contributed by atoms with E-state index in [1.165, 1.54) is 11.3 Å². The van der Waals surface area contributed by atoms with Crippen LogP contribution in [0.3, 0.4) is 0 Å². The number of sulfone groups is 1. The molecular weight excluding hydrogens is 358 g/mol. The number of thiazole rings is 1. The smallest absolute Gasteiger partial charge is 0.210 e. The van der Waals surface area contributed by atoms with Crippen LogP contribution < -0.4 is 0 Å². The summed E-state index contributed by atoms with van der Waals surface area (Å²) in [6.07, 6.45) is 2.57. The predicted octanol–water partition coefficient (Wildman–Crippen LogP) is 3.33. The Hall–Kier alpha value is -1.90. The van der Waals surface area contributed by atoms with E-state index < -0.39 is 21.2 Å². The van der Waals surface area contributed by atoms with Gasteiger partial charge in [0.2, 0.25) is 14.2 Å². The van der Waals surface area contributed by atoms with Crippen LogP contribution in [0.5, 0.6) is 0 Å². The number of aromatic nitrogens is 3. The summed E-state index contributed by atoms with van der Waals surface area (Å²) < 4.78 is 32.8. The summed E-state index contributed by atoms with van der Waals surface area (Å²) in [4.78, 5) is 12.8. The lowest BCUT2D eigenvalue weighted by Gasteiger charge is -2.21. The standard InChI is InChI=1S/C17H19N3O3S2/c1-4-23-15(16-18-9-11(2)10-19-16)12(3)25(21,22)17-20-13-7-5-6-8-14(13)24-17/h5-10,12,15H,4H2,1-3H3. The van der Waals surface area contributed by atoms with Crippen LogP contribution in [-0.2, 0) is 14.6 Å². The summed E-state index contributed by atoms with van der Waals surface area (Å²) in [5.41, 5.74) is 1.58. The quantitative estimate of drug-likeness (QED) is 0.655. The molecule has 6 nitrogen and oxygen atoms in total. The van der Waals surface area contributed by atoms with E-state index in [9.17, 15) is 8.42 Å². The topological polar surface area (TPSA) is 82.0 Å². The molecule has 0 fully saturated rings. The number of hydrogen-bond acceptors (Lipinski definition) is 7. The first-order valence-electron chi connectivity index (χ1n) is 7.93. The maximum Gasteiger partial charge on any atom is 0.210 e. The van der Waals surface area contributed by atoms with Crippen molar-refractivity contribution < 1.29 is 13.2 Å². The van der Waals surface area contributed by atoms with Crippen molar-refractivity contribution in [1.29, 1.82) is 0 Å². The highest BCUT2D eigenvalue weighted by Crippen LogP contribution is 2.32.